The van der Waals surface area contributed by atoms with Gasteiger partial charge in [-0.3, -0.25) is 4.79 Å². The Morgan fingerprint density at radius 1 is 1.13 bits per heavy atom. The monoisotopic (exact) mass is 691 g/mol. The highest BCUT2D eigenvalue weighted by Crippen LogP contribution is 2.37. The number of hydrazone groups is 1. The summed E-state index contributed by atoms with van der Waals surface area (Å²) in [5.74, 6) is 0.281. The zero-order valence-corrected chi connectivity index (χ0v) is 27.1. The molecule has 13 heteroatoms. The Labute approximate surface area is 274 Å². The Morgan fingerprint density at radius 3 is 2.64 bits per heavy atom. The number of nitrogens with one attached hydrogen (secondary N) is 3. The number of ether oxygens (including phenoxy) is 4. The first kappa shape index (κ1) is 33.0. The number of allylic oxidation sites excluding steroid dienone is 1. The highest BCUT2D eigenvalue weighted by atomic mass is 79.9. The highest BCUT2D eigenvalue weighted by molar-refractivity contribution is 9.10. The lowest BCUT2D eigenvalue weighted by molar-refractivity contribution is -0.139. The number of nitriles is 1. The first-order chi connectivity index (χ1) is 21.7. The van der Waals surface area contributed by atoms with Crippen LogP contribution < -0.4 is 30.3 Å². The number of carbonyl (C=O) groups is 2. The normalized spacial score (nSPS) is 14.2. The van der Waals surface area contributed by atoms with Crippen molar-refractivity contribution in [1.29, 1.82) is 5.26 Å². The number of benzene rings is 3. The second kappa shape index (κ2) is 15.7. The molecule has 0 bridgehead atoms. The van der Waals surface area contributed by atoms with Crippen molar-refractivity contribution in [2.75, 3.05) is 20.3 Å². The number of amides is 1. The van der Waals surface area contributed by atoms with E-state index in [4.69, 9.17) is 31.2 Å². The van der Waals surface area contributed by atoms with Crippen LogP contribution >= 0.6 is 28.1 Å². The molecule has 0 saturated carbocycles. The van der Waals surface area contributed by atoms with Crippen molar-refractivity contribution in [3.63, 3.8) is 0 Å². The molecule has 0 aromatic heterocycles. The third-order valence-corrected chi connectivity index (χ3v) is 7.33. The summed E-state index contributed by atoms with van der Waals surface area (Å²) in [6.45, 7) is 3.52. The predicted octanol–water partition coefficient (Wildman–Crippen LogP) is 4.79. The maximum Gasteiger partial charge on any atom is 0.338 e. The number of rotatable bonds is 12. The summed E-state index contributed by atoms with van der Waals surface area (Å²) in [5.41, 5.74) is 5.88. The molecule has 1 atom stereocenters. The fraction of sp³-hybridized carbons (Fsp3) is 0.219. The lowest BCUT2D eigenvalue weighted by atomic mass is 9.95. The van der Waals surface area contributed by atoms with Crippen LogP contribution in [0.3, 0.4) is 0 Å². The molecule has 232 valence electrons. The van der Waals surface area contributed by atoms with Gasteiger partial charge < -0.3 is 29.6 Å². The Hall–Kier alpha value is -4.93. The van der Waals surface area contributed by atoms with Gasteiger partial charge in [0.25, 0.3) is 5.91 Å². The molecule has 0 spiro atoms. The number of hydrogen-bond acceptors (Lipinski definition) is 9. The third kappa shape index (κ3) is 8.37. The second-order valence-corrected chi connectivity index (χ2v) is 10.8. The summed E-state index contributed by atoms with van der Waals surface area (Å²) in [6, 6.07) is 19.2. The smallest absolute Gasteiger partial charge is 0.338 e. The summed E-state index contributed by atoms with van der Waals surface area (Å²) in [5, 5.41) is 19.8. The van der Waals surface area contributed by atoms with E-state index < -0.39 is 17.9 Å². The average molecular weight is 693 g/mol. The van der Waals surface area contributed by atoms with Crippen LogP contribution in [0.4, 0.5) is 0 Å². The summed E-state index contributed by atoms with van der Waals surface area (Å²) in [4.78, 5) is 25.4. The predicted molar refractivity (Wildman–Crippen MR) is 175 cm³/mol. The number of nitrogens with zero attached hydrogens (tertiary/aromatic N) is 2. The second-order valence-electron chi connectivity index (χ2n) is 9.50. The summed E-state index contributed by atoms with van der Waals surface area (Å²) in [7, 11) is 1.51. The minimum Gasteiger partial charge on any atom is -0.493 e. The van der Waals surface area contributed by atoms with Crippen LogP contribution in [0.15, 0.2) is 81.5 Å². The Kier molecular flexibility index (Phi) is 11.5. The van der Waals surface area contributed by atoms with E-state index in [9.17, 15) is 14.9 Å². The standard InChI is InChI=1S/C32H30BrN5O6S/c1-4-42-31(40)28-19(2)36-32(45)37-29(28)23-11-7-8-12-25(23)43-18-27(39)38-35-16-20-13-24(33)30(26(14-20)41-3)44-17-22-10-6-5-9-21(22)15-34/h5-14,16,29H,4,17-18H2,1-3H3,(H,38,39)(H2,36,37,45)/t29-/m0/s1. The lowest BCUT2D eigenvalue weighted by Gasteiger charge is -2.30. The molecule has 4 rings (SSSR count). The molecule has 3 N–H and O–H groups in total. The molecular formula is C32H30BrN5O6S. The van der Waals surface area contributed by atoms with E-state index >= 15 is 0 Å². The first-order valence-corrected chi connectivity index (χ1v) is 14.9. The molecule has 0 unspecified atom stereocenters. The van der Waals surface area contributed by atoms with E-state index in [0.717, 1.165) is 5.56 Å². The zero-order chi connectivity index (χ0) is 32.3. The molecule has 11 nitrogen and oxygen atoms in total. The van der Waals surface area contributed by atoms with Gasteiger partial charge in [-0.05, 0) is 71.8 Å². The number of halogens is 1. The van der Waals surface area contributed by atoms with Gasteiger partial charge in [-0.25, -0.2) is 10.2 Å². The van der Waals surface area contributed by atoms with E-state index in [0.29, 0.717) is 54.8 Å². The summed E-state index contributed by atoms with van der Waals surface area (Å²) >= 11 is 8.82. The van der Waals surface area contributed by atoms with Crippen LogP contribution in [0, 0.1) is 11.3 Å². The van der Waals surface area contributed by atoms with Gasteiger partial charge in [0.15, 0.2) is 23.2 Å². The number of carbonyl (C=O) groups excluding carboxylic acids is 2. The van der Waals surface area contributed by atoms with E-state index in [1.54, 1.807) is 62.4 Å². The molecule has 3 aromatic rings. The van der Waals surface area contributed by atoms with Gasteiger partial charge in [0.05, 0.1) is 47.7 Å². The molecule has 1 aliphatic heterocycles. The van der Waals surface area contributed by atoms with Crippen molar-refractivity contribution < 1.29 is 28.5 Å². The molecule has 1 aliphatic rings. The van der Waals surface area contributed by atoms with Crippen molar-refractivity contribution in [3.05, 3.63) is 98.7 Å². The third-order valence-electron chi connectivity index (χ3n) is 6.52. The van der Waals surface area contributed by atoms with Crippen molar-refractivity contribution in [3.8, 4) is 23.3 Å². The lowest BCUT2D eigenvalue weighted by Crippen LogP contribution is -2.45. The zero-order valence-electron chi connectivity index (χ0n) is 24.7. The van der Waals surface area contributed by atoms with E-state index in [1.165, 1.54) is 13.3 Å². The SMILES string of the molecule is CCOC(=O)C1=C(C)NC(=S)N[C@H]1c1ccccc1OCC(=O)NN=Cc1cc(Br)c(OCc2ccccc2C#N)c(OC)c1. The fourth-order valence-electron chi connectivity index (χ4n) is 4.47. The maximum atomic E-state index is 12.8. The number of methoxy groups -OCH3 is 1. The van der Waals surface area contributed by atoms with Crippen molar-refractivity contribution in [2.24, 2.45) is 5.10 Å². The fourth-order valence-corrected chi connectivity index (χ4v) is 5.32. The largest absolute Gasteiger partial charge is 0.493 e. The van der Waals surface area contributed by atoms with Gasteiger partial charge in [-0.2, -0.15) is 10.4 Å². The first-order valence-electron chi connectivity index (χ1n) is 13.7. The topological polar surface area (TPSA) is 143 Å². The molecule has 1 amide bonds. The van der Waals surface area contributed by atoms with Gasteiger partial charge in [0.2, 0.25) is 0 Å². The number of para-hydroxylation sites is 1. The maximum absolute atomic E-state index is 12.8. The molecule has 45 heavy (non-hydrogen) atoms. The Morgan fingerprint density at radius 2 is 1.89 bits per heavy atom. The van der Waals surface area contributed by atoms with Crippen LogP contribution in [-0.2, 0) is 20.9 Å². The number of hydrogen-bond donors (Lipinski definition) is 3. The van der Waals surface area contributed by atoms with Gasteiger partial charge in [-0.1, -0.05) is 36.4 Å². The van der Waals surface area contributed by atoms with Crippen molar-refractivity contribution in [2.45, 2.75) is 26.5 Å². The molecule has 1 heterocycles. The van der Waals surface area contributed by atoms with Gasteiger partial charge in [0, 0.05) is 16.8 Å². The van der Waals surface area contributed by atoms with Crippen LogP contribution in [-0.4, -0.2) is 43.5 Å². The van der Waals surface area contributed by atoms with Crippen LogP contribution in [0.2, 0.25) is 0 Å². The van der Waals surface area contributed by atoms with Gasteiger partial charge >= 0.3 is 5.97 Å². The number of thiocarbonyl (C=S) groups is 1. The molecular weight excluding hydrogens is 662 g/mol. The van der Waals surface area contributed by atoms with Crippen molar-refractivity contribution in [1.82, 2.24) is 16.1 Å². The summed E-state index contributed by atoms with van der Waals surface area (Å²) in [6.07, 6.45) is 1.45. The Bertz CT molecular complexity index is 1700. The quantitative estimate of drug-likeness (QED) is 0.105. The highest BCUT2D eigenvalue weighted by Gasteiger charge is 2.32. The van der Waals surface area contributed by atoms with Crippen molar-refractivity contribution >= 4 is 51.4 Å². The minimum absolute atomic E-state index is 0.172. The van der Waals surface area contributed by atoms with Crippen LogP contribution in [0.1, 0.15) is 42.1 Å². The average Bonchev–Trinajstić information content (AvgIpc) is 3.03. The Balaban J connectivity index is 1.40. The van der Waals surface area contributed by atoms with Crippen LogP contribution in [0.5, 0.6) is 17.2 Å². The molecule has 3 aromatic carbocycles. The van der Waals surface area contributed by atoms with E-state index in [1.807, 2.05) is 12.1 Å². The minimum atomic E-state index is -0.642. The molecule has 0 radical (unpaired) electrons. The van der Waals surface area contributed by atoms with Crippen LogP contribution in [0.25, 0.3) is 0 Å². The number of esters is 1. The summed E-state index contributed by atoms with van der Waals surface area (Å²) < 4.78 is 23.1. The van der Waals surface area contributed by atoms with Gasteiger partial charge in [0.1, 0.15) is 12.4 Å². The molecule has 0 aliphatic carbocycles. The van der Waals surface area contributed by atoms with E-state index in [2.05, 4.69) is 43.2 Å². The van der Waals surface area contributed by atoms with E-state index in [-0.39, 0.29) is 19.8 Å². The van der Waals surface area contributed by atoms with Gasteiger partial charge in [-0.15, -0.1) is 0 Å². The molecule has 0 fully saturated rings. The molecule has 0 saturated heterocycles.